The van der Waals surface area contributed by atoms with Gasteiger partial charge in [-0.05, 0) is 56.7 Å². The van der Waals surface area contributed by atoms with Gasteiger partial charge in [-0.1, -0.05) is 19.1 Å². The Kier molecular flexibility index (Phi) is 8.51. The maximum atomic E-state index is 10.0. The largest absolute Gasteiger partial charge is 0.369 e. The average Bonchev–Trinajstić information content (AvgIpc) is 3.11. The molecule has 2 aromatic rings. The molecule has 0 N–H and O–H groups in total. The Morgan fingerprint density at radius 1 is 0.829 bits per heavy atom. The predicted molar refractivity (Wildman–Crippen MR) is 143 cm³/mol. The van der Waals surface area contributed by atoms with Gasteiger partial charge in [-0.3, -0.25) is 0 Å². The summed E-state index contributed by atoms with van der Waals surface area (Å²) in [5, 5.41) is 20.7. The van der Waals surface area contributed by atoms with Crippen molar-refractivity contribution in [2.75, 3.05) is 76.3 Å². The summed E-state index contributed by atoms with van der Waals surface area (Å²) in [5.41, 5.74) is 4.42. The first kappa shape index (κ1) is 25.3. The Labute approximate surface area is 213 Å². The summed E-state index contributed by atoms with van der Waals surface area (Å²) in [4.78, 5) is 14.3. The van der Waals surface area contributed by atoms with Crippen LogP contribution in [0, 0.1) is 22.7 Å². The Morgan fingerprint density at radius 3 is 2.09 bits per heavy atom. The van der Waals surface area contributed by atoms with Crippen LogP contribution in [0.1, 0.15) is 35.6 Å². The fraction of sp³-hybridized carbons (Fsp3) is 0.519. The van der Waals surface area contributed by atoms with E-state index >= 15 is 0 Å². The van der Waals surface area contributed by atoms with Gasteiger partial charge in [0.1, 0.15) is 23.0 Å². The lowest BCUT2D eigenvalue weighted by molar-refractivity contribution is 0.313. The molecule has 7 nitrogen and oxygen atoms in total. The second-order valence-electron chi connectivity index (χ2n) is 9.44. The topological polar surface area (TPSA) is 73.4 Å². The molecule has 2 fully saturated rings. The highest BCUT2D eigenvalue weighted by atomic mass is 32.2. The highest BCUT2D eigenvalue weighted by molar-refractivity contribution is 7.98. The van der Waals surface area contributed by atoms with Gasteiger partial charge in [-0.25, -0.2) is 4.98 Å². The van der Waals surface area contributed by atoms with Crippen LogP contribution in [0.5, 0.6) is 0 Å². The second-order valence-corrected chi connectivity index (χ2v) is 10.4. The Balaban J connectivity index is 1.56. The van der Waals surface area contributed by atoms with Crippen LogP contribution < -0.4 is 9.80 Å². The molecule has 2 saturated heterocycles. The Hall–Kier alpha value is -2.78. The van der Waals surface area contributed by atoms with Crippen LogP contribution in [-0.4, -0.2) is 81.2 Å². The van der Waals surface area contributed by atoms with Crippen molar-refractivity contribution in [2.45, 2.75) is 30.5 Å². The zero-order chi connectivity index (χ0) is 24.8. The first-order chi connectivity index (χ1) is 17.0. The fourth-order valence-corrected chi connectivity index (χ4v) is 5.75. The maximum absolute atomic E-state index is 10.0. The molecular weight excluding hydrogens is 454 g/mol. The van der Waals surface area contributed by atoms with Crippen LogP contribution in [-0.2, 0) is 12.2 Å². The van der Waals surface area contributed by atoms with Gasteiger partial charge < -0.3 is 19.6 Å². The van der Waals surface area contributed by atoms with Crippen LogP contribution >= 0.6 is 11.8 Å². The zero-order valence-electron chi connectivity index (χ0n) is 21.1. The van der Waals surface area contributed by atoms with E-state index < -0.39 is 0 Å². The summed E-state index contributed by atoms with van der Waals surface area (Å²) >= 11 is 1.60. The van der Waals surface area contributed by atoms with E-state index in [0.29, 0.717) is 17.5 Å². The summed E-state index contributed by atoms with van der Waals surface area (Å²) in [6.07, 6.45) is 1.68. The summed E-state index contributed by atoms with van der Waals surface area (Å²) in [5.74, 6) is 1.48. The number of benzene rings is 1. The highest BCUT2D eigenvalue weighted by Gasteiger charge is 2.24. The lowest BCUT2D eigenvalue weighted by atomic mass is 10.0. The predicted octanol–water partition coefficient (Wildman–Crippen LogP) is 3.57. The molecule has 0 bridgehead atoms. The van der Waals surface area contributed by atoms with Crippen LogP contribution in [0.3, 0.4) is 0 Å². The van der Waals surface area contributed by atoms with Crippen molar-refractivity contribution >= 4 is 23.3 Å². The van der Waals surface area contributed by atoms with Gasteiger partial charge in [0, 0.05) is 57.3 Å². The van der Waals surface area contributed by atoms with Gasteiger partial charge in [0.05, 0.1) is 11.1 Å². The molecule has 1 aromatic carbocycles. The smallest absolute Gasteiger partial charge is 0.148 e. The fourth-order valence-electron chi connectivity index (χ4n) is 4.79. The van der Waals surface area contributed by atoms with E-state index in [9.17, 15) is 10.5 Å². The van der Waals surface area contributed by atoms with Crippen molar-refractivity contribution in [2.24, 2.45) is 0 Å². The molecule has 0 aliphatic carbocycles. The number of pyridine rings is 1. The number of likely N-dealkylation sites (N-methyl/N-ethyl adjacent to an activating group) is 2. The molecule has 0 atom stereocenters. The van der Waals surface area contributed by atoms with Crippen molar-refractivity contribution in [3.63, 3.8) is 0 Å². The lowest BCUT2D eigenvalue weighted by Crippen LogP contribution is -2.44. The van der Waals surface area contributed by atoms with Crippen LogP contribution in [0.2, 0.25) is 0 Å². The van der Waals surface area contributed by atoms with E-state index in [1.54, 1.807) is 11.8 Å². The number of thioether (sulfide) groups is 1. The van der Waals surface area contributed by atoms with Gasteiger partial charge in [0.25, 0.3) is 0 Å². The third-order valence-corrected chi connectivity index (χ3v) is 8.07. The van der Waals surface area contributed by atoms with Crippen LogP contribution in [0.25, 0.3) is 0 Å². The molecule has 35 heavy (non-hydrogen) atoms. The third kappa shape index (κ3) is 5.90. The number of aromatic nitrogens is 1. The first-order valence-electron chi connectivity index (χ1n) is 12.5. The molecule has 0 amide bonds. The minimum atomic E-state index is 0.554. The highest BCUT2D eigenvalue weighted by Crippen LogP contribution is 2.34. The minimum absolute atomic E-state index is 0.554. The molecule has 0 saturated carbocycles. The van der Waals surface area contributed by atoms with Gasteiger partial charge in [0.15, 0.2) is 0 Å². The van der Waals surface area contributed by atoms with Gasteiger partial charge >= 0.3 is 0 Å². The number of rotatable bonds is 6. The maximum Gasteiger partial charge on any atom is 0.148 e. The molecule has 0 unspecified atom stereocenters. The number of hydrogen-bond donors (Lipinski definition) is 0. The van der Waals surface area contributed by atoms with Crippen LogP contribution in [0.4, 0.5) is 11.5 Å². The van der Waals surface area contributed by atoms with E-state index in [0.717, 1.165) is 80.9 Å². The van der Waals surface area contributed by atoms with E-state index in [1.165, 1.54) is 11.3 Å². The Morgan fingerprint density at radius 2 is 1.46 bits per heavy atom. The van der Waals surface area contributed by atoms with E-state index in [-0.39, 0.29) is 0 Å². The van der Waals surface area contributed by atoms with Crippen molar-refractivity contribution in [1.29, 1.82) is 10.5 Å². The van der Waals surface area contributed by atoms with Crippen molar-refractivity contribution in [1.82, 2.24) is 14.8 Å². The zero-order valence-corrected chi connectivity index (χ0v) is 21.9. The standard InChI is InChI=1S/C27H35N7S/c1-4-23-24(18-28)26(34-11-5-10-31(2)14-17-34)30-27(25(23)19-29)35-20-21-6-8-22(9-7-21)33-15-12-32(3)13-16-33/h6-9H,4-5,10-17,20H2,1-3H3. The summed E-state index contributed by atoms with van der Waals surface area (Å²) in [6, 6.07) is 13.5. The average molecular weight is 490 g/mol. The van der Waals surface area contributed by atoms with Gasteiger partial charge in [0.2, 0.25) is 0 Å². The molecule has 0 radical (unpaired) electrons. The number of nitrogens with zero attached hydrogens (tertiary/aromatic N) is 7. The molecule has 8 heteroatoms. The lowest BCUT2D eigenvalue weighted by Gasteiger charge is -2.34. The molecule has 3 heterocycles. The summed E-state index contributed by atoms with van der Waals surface area (Å²) < 4.78 is 0. The minimum Gasteiger partial charge on any atom is -0.369 e. The van der Waals surface area contributed by atoms with Crippen LogP contribution in [0.15, 0.2) is 29.3 Å². The normalized spacial score (nSPS) is 17.6. The number of anilines is 2. The van der Waals surface area contributed by atoms with Crippen molar-refractivity contribution in [3.8, 4) is 12.1 Å². The van der Waals surface area contributed by atoms with Crippen molar-refractivity contribution in [3.05, 3.63) is 46.5 Å². The summed E-state index contributed by atoms with van der Waals surface area (Å²) in [7, 11) is 4.31. The summed E-state index contributed by atoms with van der Waals surface area (Å²) in [6.45, 7) is 10.0. The number of nitriles is 2. The molecule has 0 spiro atoms. The molecule has 1 aromatic heterocycles. The van der Waals surface area contributed by atoms with E-state index in [1.807, 2.05) is 6.92 Å². The Bertz CT molecular complexity index is 1090. The molecule has 4 rings (SSSR count). The quantitative estimate of drug-likeness (QED) is 0.570. The van der Waals surface area contributed by atoms with E-state index in [4.69, 9.17) is 4.98 Å². The molecular formula is C27H35N7S. The second kappa shape index (κ2) is 11.8. The van der Waals surface area contributed by atoms with Gasteiger partial charge in [-0.2, -0.15) is 10.5 Å². The SMILES string of the molecule is CCc1c(C#N)c(SCc2ccc(N3CCN(C)CC3)cc2)nc(N2CCCN(C)CC2)c1C#N. The first-order valence-corrected chi connectivity index (χ1v) is 13.5. The van der Waals surface area contributed by atoms with E-state index in [2.05, 4.69) is 70.1 Å². The third-order valence-electron chi connectivity index (χ3n) is 7.02. The number of piperazine rings is 1. The molecule has 2 aliphatic heterocycles. The van der Waals surface area contributed by atoms with Crippen molar-refractivity contribution < 1.29 is 0 Å². The van der Waals surface area contributed by atoms with Gasteiger partial charge in [-0.15, -0.1) is 11.8 Å². The molecule has 184 valence electrons. The molecule has 2 aliphatic rings. The number of hydrogen-bond acceptors (Lipinski definition) is 8. The monoisotopic (exact) mass is 489 g/mol.